The van der Waals surface area contributed by atoms with Crippen LogP contribution in [0.2, 0.25) is 0 Å². The third-order valence-electron chi connectivity index (χ3n) is 9.88. The van der Waals surface area contributed by atoms with E-state index in [2.05, 4.69) is 191 Å². The SMILES string of the molecule is c1ccc(-c2cc(-n3c4ccccc4c4cc(-c5ccc6c(c5)c5ccccc5n6-c5ccccc5)ccc43)c3ccccc3c2)cc1. The van der Waals surface area contributed by atoms with E-state index < -0.39 is 0 Å². The molecule has 224 valence electrons. The lowest BCUT2D eigenvalue weighted by Gasteiger charge is -2.15. The van der Waals surface area contributed by atoms with Crippen molar-refractivity contribution in [2.24, 2.45) is 0 Å². The average molecular weight is 611 g/mol. The lowest BCUT2D eigenvalue weighted by atomic mass is 9.99. The zero-order chi connectivity index (χ0) is 31.6. The molecule has 48 heavy (non-hydrogen) atoms. The molecule has 0 saturated heterocycles. The smallest absolute Gasteiger partial charge is 0.0546 e. The second-order valence-corrected chi connectivity index (χ2v) is 12.6. The minimum Gasteiger partial charge on any atom is -0.309 e. The first kappa shape index (κ1) is 26.8. The molecule has 0 bridgehead atoms. The van der Waals surface area contributed by atoms with Crippen LogP contribution in [0, 0.1) is 0 Å². The Kier molecular flexibility index (Phi) is 5.91. The summed E-state index contributed by atoms with van der Waals surface area (Å²) >= 11 is 0. The van der Waals surface area contributed by atoms with Crippen LogP contribution in [0.1, 0.15) is 0 Å². The fourth-order valence-corrected chi connectivity index (χ4v) is 7.69. The molecule has 0 aliphatic carbocycles. The Hall–Kier alpha value is -6.38. The van der Waals surface area contributed by atoms with E-state index in [9.17, 15) is 0 Å². The van der Waals surface area contributed by atoms with Crippen molar-refractivity contribution in [1.29, 1.82) is 0 Å². The molecular weight excluding hydrogens is 581 g/mol. The van der Waals surface area contributed by atoms with Crippen molar-refractivity contribution >= 4 is 54.4 Å². The second-order valence-electron chi connectivity index (χ2n) is 12.6. The molecule has 2 nitrogen and oxygen atoms in total. The predicted molar refractivity (Wildman–Crippen MR) is 203 cm³/mol. The van der Waals surface area contributed by atoms with Gasteiger partial charge in [-0.2, -0.15) is 0 Å². The van der Waals surface area contributed by atoms with E-state index in [1.54, 1.807) is 0 Å². The van der Waals surface area contributed by atoms with Gasteiger partial charge in [0, 0.05) is 32.6 Å². The number of hydrogen-bond acceptors (Lipinski definition) is 0. The van der Waals surface area contributed by atoms with E-state index in [1.165, 1.54) is 88.0 Å². The summed E-state index contributed by atoms with van der Waals surface area (Å²) in [5.41, 5.74) is 12.1. The van der Waals surface area contributed by atoms with Gasteiger partial charge in [-0.25, -0.2) is 0 Å². The molecule has 0 aliphatic heterocycles. The Morgan fingerprint density at radius 3 is 1.44 bits per heavy atom. The Morgan fingerprint density at radius 2 is 0.771 bits per heavy atom. The first-order valence-corrected chi connectivity index (χ1v) is 16.5. The molecule has 0 aliphatic rings. The van der Waals surface area contributed by atoms with E-state index in [1.807, 2.05) is 0 Å². The van der Waals surface area contributed by atoms with Crippen LogP contribution in [0.25, 0.3) is 88.0 Å². The van der Waals surface area contributed by atoms with Crippen LogP contribution in [0.4, 0.5) is 0 Å². The second kappa shape index (κ2) is 10.6. The fraction of sp³-hybridized carbons (Fsp3) is 0. The molecule has 2 aromatic heterocycles. The number of nitrogens with zero attached hydrogens (tertiary/aromatic N) is 2. The topological polar surface area (TPSA) is 9.86 Å². The van der Waals surface area contributed by atoms with Gasteiger partial charge in [-0.3, -0.25) is 0 Å². The quantitative estimate of drug-likeness (QED) is 0.188. The Bertz CT molecular complexity index is 2820. The maximum absolute atomic E-state index is 2.46. The van der Waals surface area contributed by atoms with Gasteiger partial charge in [0.05, 0.1) is 27.8 Å². The van der Waals surface area contributed by atoms with Crippen LogP contribution >= 0.6 is 0 Å². The van der Waals surface area contributed by atoms with Gasteiger partial charge in [-0.15, -0.1) is 0 Å². The normalized spacial score (nSPS) is 11.8. The van der Waals surface area contributed by atoms with E-state index in [-0.39, 0.29) is 0 Å². The van der Waals surface area contributed by atoms with Gasteiger partial charge in [0.1, 0.15) is 0 Å². The van der Waals surface area contributed by atoms with E-state index in [0.29, 0.717) is 0 Å². The zero-order valence-corrected chi connectivity index (χ0v) is 26.2. The molecule has 0 radical (unpaired) electrons. The number of aromatic nitrogens is 2. The van der Waals surface area contributed by atoms with Crippen molar-refractivity contribution in [3.8, 4) is 33.6 Å². The number of rotatable bonds is 4. The molecule has 0 N–H and O–H groups in total. The van der Waals surface area contributed by atoms with Gasteiger partial charge in [0.15, 0.2) is 0 Å². The number of benzene rings is 8. The van der Waals surface area contributed by atoms with Gasteiger partial charge >= 0.3 is 0 Å². The van der Waals surface area contributed by atoms with Crippen LogP contribution in [0.3, 0.4) is 0 Å². The molecule has 0 spiro atoms. The monoisotopic (exact) mass is 610 g/mol. The third kappa shape index (κ3) is 4.06. The number of hydrogen-bond donors (Lipinski definition) is 0. The van der Waals surface area contributed by atoms with Crippen molar-refractivity contribution < 1.29 is 0 Å². The third-order valence-corrected chi connectivity index (χ3v) is 9.88. The van der Waals surface area contributed by atoms with Crippen LogP contribution in [-0.2, 0) is 0 Å². The van der Waals surface area contributed by atoms with Crippen LogP contribution in [0.15, 0.2) is 182 Å². The minimum atomic E-state index is 1.18. The Labute approximate surface area is 278 Å². The van der Waals surface area contributed by atoms with Crippen molar-refractivity contribution in [3.05, 3.63) is 182 Å². The predicted octanol–water partition coefficient (Wildman–Crippen LogP) is 12.4. The summed E-state index contributed by atoms with van der Waals surface area (Å²) in [5, 5.41) is 7.51. The Balaban J connectivity index is 1.20. The van der Waals surface area contributed by atoms with Crippen LogP contribution < -0.4 is 0 Å². The molecule has 0 saturated carbocycles. The average Bonchev–Trinajstić information content (AvgIpc) is 3.67. The highest BCUT2D eigenvalue weighted by molar-refractivity contribution is 6.13. The highest BCUT2D eigenvalue weighted by Crippen LogP contribution is 2.40. The lowest BCUT2D eigenvalue weighted by Crippen LogP contribution is -1.96. The van der Waals surface area contributed by atoms with Crippen LogP contribution in [-0.4, -0.2) is 9.13 Å². The standard InChI is InChI=1S/C46H30N2/c1-3-13-31(14-4-1)35-27-34-15-7-8-18-37(34)46(30-35)48-43-22-12-10-20-39(43)41-29-33(24-26-45(41)48)32-23-25-44-40(28-32)38-19-9-11-21-42(38)47(44)36-16-5-2-6-17-36/h1-30H. The number of fused-ring (bicyclic) bond motifs is 7. The molecular formula is C46H30N2. The molecule has 0 unspecified atom stereocenters. The molecule has 2 heteroatoms. The van der Waals surface area contributed by atoms with E-state index in [4.69, 9.17) is 0 Å². The van der Waals surface area contributed by atoms with Crippen molar-refractivity contribution in [2.45, 2.75) is 0 Å². The summed E-state index contributed by atoms with van der Waals surface area (Å²) in [6.45, 7) is 0. The largest absolute Gasteiger partial charge is 0.309 e. The summed E-state index contributed by atoms with van der Waals surface area (Å²) in [7, 11) is 0. The van der Waals surface area contributed by atoms with Crippen LogP contribution in [0.5, 0.6) is 0 Å². The summed E-state index contributed by atoms with van der Waals surface area (Å²) in [6, 6.07) is 66.2. The van der Waals surface area contributed by atoms with Gasteiger partial charge in [-0.1, -0.05) is 121 Å². The highest BCUT2D eigenvalue weighted by atomic mass is 15.0. The summed E-state index contributed by atoms with van der Waals surface area (Å²) in [5.74, 6) is 0. The minimum absolute atomic E-state index is 1.18. The van der Waals surface area contributed by atoms with Gasteiger partial charge in [0.2, 0.25) is 0 Å². The number of para-hydroxylation sites is 3. The zero-order valence-electron chi connectivity index (χ0n) is 26.2. The van der Waals surface area contributed by atoms with Gasteiger partial charge in [-0.05, 0) is 88.3 Å². The molecule has 10 rings (SSSR count). The highest BCUT2D eigenvalue weighted by Gasteiger charge is 2.17. The van der Waals surface area contributed by atoms with Gasteiger partial charge < -0.3 is 9.13 Å². The Morgan fingerprint density at radius 1 is 0.271 bits per heavy atom. The summed E-state index contributed by atoms with van der Waals surface area (Å²) in [6.07, 6.45) is 0. The van der Waals surface area contributed by atoms with Crippen molar-refractivity contribution in [2.75, 3.05) is 0 Å². The summed E-state index contributed by atoms with van der Waals surface area (Å²) in [4.78, 5) is 0. The lowest BCUT2D eigenvalue weighted by molar-refractivity contribution is 1.18. The first-order chi connectivity index (χ1) is 23.8. The maximum Gasteiger partial charge on any atom is 0.0546 e. The van der Waals surface area contributed by atoms with Crippen molar-refractivity contribution in [1.82, 2.24) is 9.13 Å². The fourth-order valence-electron chi connectivity index (χ4n) is 7.69. The van der Waals surface area contributed by atoms with Gasteiger partial charge in [0.25, 0.3) is 0 Å². The molecule has 0 amide bonds. The molecule has 0 atom stereocenters. The molecule has 2 heterocycles. The van der Waals surface area contributed by atoms with Crippen molar-refractivity contribution in [3.63, 3.8) is 0 Å². The molecule has 8 aromatic carbocycles. The first-order valence-electron chi connectivity index (χ1n) is 16.5. The van der Waals surface area contributed by atoms with E-state index >= 15 is 0 Å². The van der Waals surface area contributed by atoms with E-state index in [0.717, 1.165) is 0 Å². The molecule has 0 fully saturated rings. The molecule has 10 aromatic rings. The summed E-state index contributed by atoms with van der Waals surface area (Å²) < 4.78 is 4.83. The maximum atomic E-state index is 2.46.